The molecule has 4 heteroatoms. The Kier molecular flexibility index (Phi) is 3.07. The molecule has 0 amide bonds. The molecule has 4 rings (SSSR count). The van der Waals surface area contributed by atoms with Gasteiger partial charge in [-0.3, -0.25) is 9.59 Å². The average Bonchev–Trinajstić information content (AvgIpc) is 2.65. The minimum atomic E-state index is -2.48. The van der Waals surface area contributed by atoms with Gasteiger partial charge < -0.3 is 10.2 Å². The van der Waals surface area contributed by atoms with Crippen molar-refractivity contribution in [1.29, 1.82) is 0 Å². The van der Waals surface area contributed by atoms with Gasteiger partial charge in [0.1, 0.15) is 0 Å². The summed E-state index contributed by atoms with van der Waals surface area (Å²) in [6.07, 6.45) is 9.14. The molecule has 4 nitrogen and oxygen atoms in total. The van der Waals surface area contributed by atoms with Crippen molar-refractivity contribution in [2.24, 2.45) is 28.6 Å². The minimum absolute atomic E-state index is 0.103. The Morgan fingerprint density at radius 2 is 1.87 bits per heavy atom. The summed E-state index contributed by atoms with van der Waals surface area (Å²) >= 11 is 0. The second kappa shape index (κ2) is 4.54. The maximum absolute atomic E-state index is 12.6. The summed E-state index contributed by atoms with van der Waals surface area (Å²) in [6.45, 7) is 4.05. The Morgan fingerprint density at radius 3 is 2.61 bits per heavy atom. The van der Waals surface area contributed by atoms with Crippen molar-refractivity contribution in [3.63, 3.8) is 0 Å². The van der Waals surface area contributed by atoms with Gasteiger partial charge in [-0.1, -0.05) is 25.5 Å². The van der Waals surface area contributed by atoms with Crippen LogP contribution in [0.5, 0.6) is 0 Å². The van der Waals surface area contributed by atoms with Crippen LogP contribution in [0, 0.1) is 28.6 Å². The van der Waals surface area contributed by atoms with E-state index in [0.29, 0.717) is 12.3 Å². The lowest BCUT2D eigenvalue weighted by Crippen LogP contribution is -2.56. The molecule has 0 radical (unpaired) electrons. The van der Waals surface area contributed by atoms with E-state index in [2.05, 4.69) is 13.0 Å². The number of fused-ring (bicyclic) bond motifs is 5. The monoisotopic (exact) mass is 318 g/mol. The zero-order valence-electron chi connectivity index (χ0n) is 14.0. The number of rotatable bonds is 0. The summed E-state index contributed by atoms with van der Waals surface area (Å²) in [5, 5.41) is 20.7. The molecule has 4 aliphatic carbocycles. The third-order valence-electron chi connectivity index (χ3n) is 7.82. The van der Waals surface area contributed by atoms with E-state index >= 15 is 0 Å². The fraction of sp³-hybridized carbons (Fsp3) is 0.789. The zero-order chi connectivity index (χ0) is 16.6. The van der Waals surface area contributed by atoms with Crippen molar-refractivity contribution < 1.29 is 19.8 Å². The maximum Gasteiger partial charge on any atom is 0.257 e. The first kappa shape index (κ1) is 15.5. The van der Waals surface area contributed by atoms with Crippen LogP contribution in [0.3, 0.4) is 0 Å². The van der Waals surface area contributed by atoms with Crippen molar-refractivity contribution in [2.45, 2.75) is 64.6 Å². The highest BCUT2D eigenvalue weighted by Crippen LogP contribution is 2.65. The number of ketones is 2. The molecule has 0 aliphatic heterocycles. The predicted molar refractivity (Wildman–Crippen MR) is 84.3 cm³/mol. The number of aliphatic hydroxyl groups is 2. The van der Waals surface area contributed by atoms with E-state index in [0.717, 1.165) is 32.1 Å². The van der Waals surface area contributed by atoms with E-state index in [-0.39, 0.29) is 11.3 Å². The van der Waals surface area contributed by atoms with Crippen LogP contribution in [0.25, 0.3) is 0 Å². The molecule has 126 valence electrons. The van der Waals surface area contributed by atoms with E-state index in [4.69, 9.17) is 0 Å². The molecule has 3 saturated carbocycles. The van der Waals surface area contributed by atoms with Gasteiger partial charge in [-0.05, 0) is 62.2 Å². The molecule has 23 heavy (non-hydrogen) atoms. The molecular formula is C19H26O4. The lowest BCUT2D eigenvalue weighted by Gasteiger charge is -2.57. The van der Waals surface area contributed by atoms with Gasteiger partial charge >= 0.3 is 0 Å². The van der Waals surface area contributed by atoms with Crippen molar-refractivity contribution >= 4 is 11.6 Å². The Balaban J connectivity index is 1.77. The molecule has 0 unspecified atom stereocenters. The molecule has 0 bridgehead atoms. The highest BCUT2D eigenvalue weighted by Gasteiger charge is 2.71. The Hall–Kier alpha value is -1.00. The summed E-state index contributed by atoms with van der Waals surface area (Å²) < 4.78 is 0. The van der Waals surface area contributed by atoms with Gasteiger partial charge in [0.2, 0.25) is 11.6 Å². The molecule has 0 aromatic carbocycles. The number of carbonyl (C=O) groups excluding carboxylic acids is 2. The third kappa shape index (κ3) is 1.69. The van der Waals surface area contributed by atoms with Crippen LogP contribution < -0.4 is 0 Å². The number of hydrogen-bond acceptors (Lipinski definition) is 4. The van der Waals surface area contributed by atoms with Crippen molar-refractivity contribution in [3.05, 3.63) is 11.6 Å². The van der Waals surface area contributed by atoms with Gasteiger partial charge in [0.05, 0.1) is 0 Å². The van der Waals surface area contributed by atoms with Gasteiger partial charge in [-0.25, -0.2) is 0 Å². The average molecular weight is 318 g/mol. The highest BCUT2D eigenvalue weighted by molar-refractivity contribution is 6.43. The van der Waals surface area contributed by atoms with Crippen LogP contribution in [0.15, 0.2) is 11.6 Å². The van der Waals surface area contributed by atoms with Crippen LogP contribution in [0.4, 0.5) is 0 Å². The molecule has 4 aliphatic rings. The molecule has 0 heterocycles. The van der Waals surface area contributed by atoms with Crippen LogP contribution in [0.1, 0.15) is 58.8 Å². The Labute approximate surface area is 137 Å². The lowest BCUT2D eigenvalue weighted by molar-refractivity contribution is -0.237. The molecule has 0 aromatic rings. The largest absolute Gasteiger partial charge is 0.359 e. The number of Topliss-reactive ketones (excluding diaryl/α,β-unsaturated/α-hetero) is 2. The van der Waals surface area contributed by atoms with Crippen molar-refractivity contribution in [3.8, 4) is 0 Å². The Bertz CT molecular complexity index is 619. The van der Waals surface area contributed by atoms with Gasteiger partial charge in [-0.2, -0.15) is 0 Å². The van der Waals surface area contributed by atoms with Gasteiger partial charge in [-0.15, -0.1) is 0 Å². The van der Waals surface area contributed by atoms with Crippen LogP contribution in [-0.4, -0.2) is 27.6 Å². The fourth-order valence-corrected chi connectivity index (χ4v) is 6.41. The maximum atomic E-state index is 12.6. The summed E-state index contributed by atoms with van der Waals surface area (Å²) in [4.78, 5) is 24.8. The SMILES string of the molecule is C[C@]12CCCC=C1CC[C@@H]1[C@@H]2CC[C@@]2(C)[C@H]1C(=O)C(=O)C2(O)O. The quantitative estimate of drug-likeness (QED) is 0.408. The Morgan fingerprint density at radius 1 is 1.13 bits per heavy atom. The van der Waals surface area contributed by atoms with Crippen molar-refractivity contribution in [1.82, 2.24) is 0 Å². The lowest BCUT2D eigenvalue weighted by atomic mass is 9.47. The highest BCUT2D eigenvalue weighted by atomic mass is 16.5. The third-order valence-corrected chi connectivity index (χ3v) is 7.82. The van der Waals surface area contributed by atoms with E-state index in [9.17, 15) is 19.8 Å². The summed E-state index contributed by atoms with van der Waals surface area (Å²) in [6, 6.07) is 0. The zero-order valence-corrected chi connectivity index (χ0v) is 14.0. The van der Waals surface area contributed by atoms with E-state index in [1.165, 1.54) is 12.0 Å². The van der Waals surface area contributed by atoms with Crippen molar-refractivity contribution in [2.75, 3.05) is 0 Å². The van der Waals surface area contributed by atoms with E-state index < -0.39 is 28.7 Å². The first-order valence-electron chi connectivity index (χ1n) is 8.96. The van der Waals surface area contributed by atoms with Crippen LogP contribution >= 0.6 is 0 Å². The number of allylic oxidation sites excluding steroid dienone is 2. The van der Waals surface area contributed by atoms with Crippen LogP contribution in [-0.2, 0) is 9.59 Å². The topological polar surface area (TPSA) is 74.6 Å². The minimum Gasteiger partial charge on any atom is -0.359 e. The predicted octanol–water partition coefficient (Wildman–Crippen LogP) is 2.38. The van der Waals surface area contributed by atoms with Gasteiger partial charge in [0, 0.05) is 11.3 Å². The first-order valence-corrected chi connectivity index (χ1v) is 8.96. The molecule has 0 spiro atoms. The standard InChI is InChI=1S/C19H26O4/c1-17-9-4-3-5-11(17)6-7-12-13(17)8-10-18(2)14(12)15(20)16(21)19(18,22)23/h5,12-14,22-23H,3-4,6-10H2,1-2H3/t12-,13+,14-,17+,18+/m1/s1. The summed E-state index contributed by atoms with van der Waals surface area (Å²) in [7, 11) is 0. The molecule has 0 aromatic heterocycles. The molecule has 3 fully saturated rings. The second-order valence-corrected chi connectivity index (χ2v) is 8.65. The normalized spacial score (nSPS) is 48.3. The fourth-order valence-electron chi connectivity index (χ4n) is 6.41. The van der Waals surface area contributed by atoms with E-state index in [1.807, 2.05) is 0 Å². The molecule has 5 atom stereocenters. The molecule has 0 saturated heterocycles. The summed E-state index contributed by atoms with van der Waals surface area (Å²) in [5.74, 6) is -4.05. The second-order valence-electron chi connectivity index (χ2n) is 8.65. The number of hydrogen-bond donors (Lipinski definition) is 2. The summed E-state index contributed by atoms with van der Waals surface area (Å²) in [5.41, 5.74) is 0.640. The van der Waals surface area contributed by atoms with E-state index in [1.54, 1.807) is 6.92 Å². The van der Waals surface area contributed by atoms with Gasteiger partial charge in [0.25, 0.3) is 5.78 Å². The molecule has 2 N–H and O–H groups in total. The smallest absolute Gasteiger partial charge is 0.257 e. The first-order chi connectivity index (χ1) is 10.7. The van der Waals surface area contributed by atoms with Crippen LogP contribution in [0.2, 0.25) is 0 Å². The number of carbonyl (C=O) groups is 2. The van der Waals surface area contributed by atoms with Gasteiger partial charge in [0.15, 0.2) is 0 Å². The molecular weight excluding hydrogens is 292 g/mol.